The number of pyridine rings is 1. The zero-order chi connectivity index (χ0) is 19.2. The van der Waals surface area contributed by atoms with Crippen LogP contribution in [0.5, 0.6) is 5.75 Å². The summed E-state index contributed by atoms with van der Waals surface area (Å²) in [6.07, 6.45) is 1.58. The van der Waals surface area contributed by atoms with Crippen molar-refractivity contribution in [2.24, 2.45) is 0 Å². The number of nitrogens with zero attached hydrogens (tertiary/aromatic N) is 1. The van der Waals surface area contributed by atoms with Crippen LogP contribution in [0.25, 0.3) is 0 Å². The van der Waals surface area contributed by atoms with Crippen molar-refractivity contribution in [3.05, 3.63) is 83.0 Å². The minimum atomic E-state index is -0.156. The van der Waals surface area contributed by atoms with E-state index in [1.54, 1.807) is 19.4 Å². The zero-order valence-corrected chi connectivity index (χ0v) is 15.7. The molecule has 0 aliphatic heterocycles. The van der Waals surface area contributed by atoms with Gasteiger partial charge in [0.05, 0.1) is 12.7 Å². The van der Waals surface area contributed by atoms with Gasteiger partial charge in [-0.1, -0.05) is 29.8 Å². The first kappa shape index (κ1) is 18.5. The summed E-state index contributed by atoms with van der Waals surface area (Å²) in [5.41, 5.74) is 4.90. The molecule has 3 rings (SSSR count). The maximum Gasteiger partial charge on any atom is 0.253 e. The summed E-state index contributed by atoms with van der Waals surface area (Å²) < 4.78 is 5.13. The van der Waals surface area contributed by atoms with Crippen molar-refractivity contribution >= 4 is 17.4 Å². The molecule has 0 saturated heterocycles. The first-order chi connectivity index (χ1) is 13.0. The van der Waals surface area contributed by atoms with Crippen LogP contribution in [0.3, 0.4) is 0 Å². The van der Waals surface area contributed by atoms with Gasteiger partial charge in [0, 0.05) is 18.4 Å². The van der Waals surface area contributed by atoms with Crippen molar-refractivity contribution < 1.29 is 9.53 Å². The van der Waals surface area contributed by atoms with E-state index in [1.807, 2.05) is 36.4 Å². The van der Waals surface area contributed by atoms with Gasteiger partial charge in [-0.15, -0.1) is 0 Å². The van der Waals surface area contributed by atoms with Crippen LogP contribution in [0.4, 0.5) is 11.5 Å². The molecule has 5 nitrogen and oxygen atoms in total. The smallest absolute Gasteiger partial charge is 0.253 e. The Morgan fingerprint density at radius 3 is 2.44 bits per heavy atom. The number of carbonyl (C=O) groups is 1. The van der Waals surface area contributed by atoms with E-state index < -0.39 is 0 Å². The normalized spacial score (nSPS) is 10.3. The quantitative estimate of drug-likeness (QED) is 0.684. The molecule has 2 aromatic carbocycles. The third kappa shape index (κ3) is 4.85. The first-order valence-electron chi connectivity index (χ1n) is 8.76. The van der Waals surface area contributed by atoms with Crippen molar-refractivity contribution in [3.63, 3.8) is 0 Å². The predicted octanol–water partition coefficient (Wildman–Crippen LogP) is 4.38. The van der Waals surface area contributed by atoms with Crippen molar-refractivity contribution in [3.8, 4) is 5.75 Å². The number of ether oxygens (including phenoxy) is 1. The number of hydrogen-bond donors (Lipinski definition) is 2. The van der Waals surface area contributed by atoms with Crippen LogP contribution in [-0.2, 0) is 6.54 Å². The van der Waals surface area contributed by atoms with Crippen LogP contribution in [0.2, 0.25) is 0 Å². The molecular formula is C22H23N3O2. The highest BCUT2D eigenvalue weighted by Crippen LogP contribution is 2.20. The summed E-state index contributed by atoms with van der Waals surface area (Å²) in [6.45, 7) is 4.57. The maximum absolute atomic E-state index is 12.3. The van der Waals surface area contributed by atoms with Gasteiger partial charge in [0.1, 0.15) is 11.6 Å². The largest absolute Gasteiger partial charge is 0.497 e. The summed E-state index contributed by atoms with van der Waals surface area (Å²) in [6, 6.07) is 17.4. The van der Waals surface area contributed by atoms with E-state index in [4.69, 9.17) is 4.74 Å². The first-order valence-corrected chi connectivity index (χ1v) is 8.76. The summed E-state index contributed by atoms with van der Waals surface area (Å²) in [7, 11) is 1.63. The van der Waals surface area contributed by atoms with Crippen LogP contribution < -0.4 is 15.4 Å². The average molecular weight is 361 g/mol. The fourth-order valence-electron chi connectivity index (χ4n) is 2.72. The molecule has 0 radical (unpaired) electrons. The maximum atomic E-state index is 12.3. The minimum Gasteiger partial charge on any atom is -0.497 e. The average Bonchev–Trinajstić information content (AvgIpc) is 2.69. The Hall–Kier alpha value is -3.34. The van der Waals surface area contributed by atoms with Gasteiger partial charge in [-0.3, -0.25) is 4.79 Å². The highest BCUT2D eigenvalue weighted by Gasteiger charge is 2.07. The molecule has 1 heterocycles. The van der Waals surface area contributed by atoms with E-state index in [0.717, 1.165) is 22.6 Å². The molecule has 1 amide bonds. The fourth-order valence-corrected chi connectivity index (χ4v) is 2.72. The van der Waals surface area contributed by atoms with Crippen molar-refractivity contribution in [1.82, 2.24) is 10.3 Å². The third-order valence-electron chi connectivity index (χ3n) is 4.28. The Morgan fingerprint density at radius 1 is 1.04 bits per heavy atom. The topological polar surface area (TPSA) is 63.2 Å². The summed E-state index contributed by atoms with van der Waals surface area (Å²) >= 11 is 0. The third-order valence-corrected chi connectivity index (χ3v) is 4.28. The Kier molecular flexibility index (Phi) is 5.71. The molecule has 0 bridgehead atoms. The zero-order valence-electron chi connectivity index (χ0n) is 15.7. The number of amides is 1. The second-order valence-electron chi connectivity index (χ2n) is 6.41. The monoisotopic (exact) mass is 361 g/mol. The highest BCUT2D eigenvalue weighted by atomic mass is 16.5. The van der Waals surface area contributed by atoms with Gasteiger partial charge in [-0.05, 0) is 55.3 Å². The van der Waals surface area contributed by atoms with E-state index in [9.17, 15) is 4.79 Å². The number of carbonyl (C=O) groups excluding carboxylic acids is 1. The van der Waals surface area contributed by atoms with E-state index in [0.29, 0.717) is 17.9 Å². The molecule has 0 aliphatic carbocycles. The van der Waals surface area contributed by atoms with Crippen LogP contribution in [0, 0.1) is 13.8 Å². The lowest BCUT2D eigenvalue weighted by molar-refractivity contribution is 0.0950. The lowest BCUT2D eigenvalue weighted by atomic mass is 10.1. The molecular weight excluding hydrogens is 338 g/mol. The Bertz CT molecular complexity index is 919. The second-order valence-corrected chi connectivity index (χ2v) is 6.41. The van der Waals surface area contributed by atoms with Crippen molar-refractivity contribution in [2.75, 3.05) is 12.4 Å². The second kappa shape index (κ2) is 8.36. The lowest BCUT2D eigenvalue weighted by Gasteiger charge is -2.10. The molecule has 0 spiro atoms. The number of nitrogens with one attached hydrogen (secondary N) is 2. The number of hydrogen-bond acceptors (Lipinski definition) is 4. The molecule has 0 saturated carbocycles. The van der Waals surface area contributed by atoms with Gasteiger partial charge < -0.3 is 15.4 Å². The van der Waals surface area contributed by atoms with Crippen molar-refractivity contribution in [1.29, 1.82) is 0 Å². The molecule has 0 aliphatic rings. The predicted molar refractivity (Wildman–Crippen MR) is 108 cm³/mol. The number of methoxy groups -OCH3 is 1. The molecule has 0 unspecified atom stereocenters. The fraction of sp³-hybridized carbons (Fsp3) is 0.182. The number of benzene rings is 2. The molecule has 0 fully saturated rings. The van der Waals surface area contributed by atoms with Gasteiger partial charge in [-0.25, -0.2) is 4.98 Å². The molecule has 0 atom stereocenters. The van der Waals surface area contributed by atoms with E-state index in [2.05, 4.69) is 41.6 Å². The molecule has 27 heavy (non-hydrogen) atoms. The Labute approximate surface area is 159 Å². The van der Waals surface area contributed by atoms with Gasteiger partial charge >= 0.3 is 0 Å². The number of anilines is 2. The van der Waals surface area contributed by atoms with Gasteiger partial charge in [-0.2, -0.15) is 0 Å². The van der Waals surface area contributed by atoms with Crippen LogP contribution >= 0.6 is 0 Å². The Balaban J connectivity index is 1.59. The Morgan fingerprint density at radius 2 is 1.81 bits per heavy atom. The van der Waals surface area contributed by atoms with Crippen LogP contribution in [0.15, 0.2) is 60.8 Å². The minimum absolute atomic E-state index is 0.156. The van der Waals surface area contributed by atoms with Crippen LogP contribution in [0.1, 0.15) is 27.0 Å². The number of aromatic nitrogens is 1. The standard InChI is InChI=1S/C22H23N3O2/c1-15-4-10-20(16(2)12-15)25-21-11-7-18(14-23-21)22(26)24-13-17-5-8-19(27-3)9-6-17/h4-12,14H,13H2,1-3H3,(H,23,25)(H,24,26). The lowest BCUT2D eigenvalue weighted by Crippen LogP contribution is -2.22. The molecule has 1 aromatic heterocycles. The number of aryl methyl sites for hydroxylation is 2. The van der Waals surface area contributed by atoms with Crippen LogP contribution in [-0.4, -0.2) is 18.0 Å². The van der Waals surface area contributed by atoms with E-state index in [-0.39, 0.29) is 5.91 Å². The molecule has 5 heteroatoms. The SMILES string of the molecule is COc1ccc(CNC(=O)c2ccc(Nc3ccc(C)cc3C)nc2)cc1. The molecule has 3 aromatic rings. The highest BCUT2D eigenvalue weighted by molar-refractivity contribution is 5.94. The van der Waals surface area contributed by atoms with Gasteiger partial charge in [0.2, 0.25) is 0 Å². The molecule has 138 valence electrons. The summed E-state index contributed by atoms with van der Waals surface area (Å²) in [5, 5.41) is 6.18. The summed E-state index contributed by atoms with van der Waals surface area (Å²) in [4.78, 5) is 16.7. The number of rotatable bonds is 6. The van der Waals surface area contributed by atoms with Gasteiger partial charge in [0.25, 0.3) is 5.91 Å². The van der Waals surface area contributed by atoms with Crippen molar-refractivity contribution in [2.45, 2.75) is 20.4 Å². The van der Waals surface area contributed by atoms with Gasteiger partial charge in [0.15, 0.2) is 0 Å². The molecule has 2 N–H and O–H groups in total. The summed E-state index contributed by atoms with van der Waals surface area (Å²) in [5.74, 6) is 1.34. The van der Waals surface area contributed by atoms with E-state index >= 15 is 0 Å². The van der Waals surface area contributed by atoms with E-state index in [1.165, 1.54) is 5.56 Å².